The van der Waals surface area contributed by atoms with E-state index in [4.69, 9.17) is 22.1 Å². The Morgan fingerprint density at radius 2 is 1.95 bits per heavy atom. The lowest BCUT2D eigenvalue weighted by Gasteiger charge is -2.14. The molecule has 1 atom stereocenters. The number of halogens is 2. The van der Waals surface area contributed by atoms with Crippen molar-refractivity contribution in [3.05, 3.63) is 69.5 Å². The molecule has 0 spiro atoms. The Labute approximate surface area is 122 Å². The van der Waals surface area contributed by atoms with Gasteiger partial charge in [0.1, 0.15) is 5.82 Å². The number of hydrogen-bond donors (Lipinski definition) is 1. The molecule has 20 heavy (non-hydrogen) atoms. The maximum atomic E-state index is 13.3. The van der Waals surface area contributed by atoms with Crippen LogP contribution in [-0.2, 0) is 24.4 Å². The average Bonchev–Trinajstić information content (AvgIpc) is 2.90. The van der Waals surface area contributed by atoms with Gasteiger partial charge in [0.25, 0.3) is 0 Å². The van der Waals surface area contributed by atoms with Crippen LogP contribution in [0.1, 0.15) is 28.3 Å². The molecule has 1 unspecified atom stereocenters. The molecule has 0 aliphatic carbocycles. The molecular weight excluding hydrogens is 277 g/mol. The topological polar surface area (TPSA) is 35.2 Å². The Kier molecular flexibility index (Phi) is 3.74. The second-order valence-electron chi connectivity index (χ2n) is 5.07. The molecule has 1 aliphatic heterocycles. The van der Waals surface area contributed by atoms with E-state index < -0.39 is 0 Å². The van der Waals surface area contributed by atoms with Gasteiger partial charge in [-0.05, 0) is 46.9 Å². The van der Waals surface area contributed by atoms with Gasteiger partial charge in [0.2, 0.25) is 0 Å². The van der Waals surface area contributed by atoms with E-state index in [1.165, 1.54) is 23.3 Å². The summed E-state index contributed by atoms with van der Waals surface area (Å²) in [7, 11) is 0. The molecule has 3 rings (SSSR count). The molecule has 0 radical (unpaired) electrons. The number of nitrogens with two attached hydrogens (primary N) is 1. The van der Waals surface area contributed by atoms with E-state index in [2.05, 4.69) is 6.07 Å². The summed E-state index contributed by atoms with van der Waals surface area (Å²) in [6.45, 7) is 1.30. The fraction of sp³-hybridized carbons (Fsp3) is 0.250. The number of ether oxygens (including phenoxy) is 1. The largest absolute Gasteiger partial charge is 0.372 e. The predicted molar refractivity (Wildman–Crippen MR) is 77.0 cm³/mol. The summed E-state index contributed by atoms with van der Waals surface area (Å²) in [5.41, 5.74) is 10.4. The lowest BCUT2D eigenvalue weighted by Crippen LogP contribution is -2.14. The SMILES string of the molecule is NC(Cc1cc(F)ccc1Cl)c1ccc2c(c1)COC2. The maximum absolute atomic E-state index is 13.3. The highest BCUT2D eigenvalue weighted by Crippen LogP contribution is 2.26. The normalized spacial score (nSPS) is 15.2. The van der Waals surface area contributed by atoms with Crippen molar-refractivity contribution >= 4 is 11.6 Å². The highest BCUT2D eigenvalue weighted by molar-refractivity contribution is 6.31. The first kappa shape index (κ1) is 13.6. The van der Waals surface area contributed by atoms with Gasteiger partial charge < -0.3 is 10.5 Å². The molecule has 0 amide bonds. The maximum Gasteiger partial charge on any atom is 0.123 e. The van der Waals surface area contributed by atoms with E-state index in [-0.39, 0.29) is 11.9 Å². The number of hydrogen-bond acceptors (Lipinski definition) is 2. The highest BCUT2D eigenvalue weighted by Gasteiger charge is 2.15. The summed E-state index contributed by atoms with van der Waals surface area (Å²) in [4.78, 5) is 0. The average molecular weight is 292 g/mol. The lowest BCUT2D eigenvalue weighted by atomic mass is 9.96. The summed E-state index contributed by atoms with van der Waals surface area (Å²) >= 11 is 6.08. The second kappa shape index (κ2) is 5.52. The molecule has 2 nitrogen and oxygen atoms in total. The third kappa shape index (κ3) is 2.70. The van der Waals surface area contributed by atoms with Crippen LogP contribution in [0.15, 0.2) is 36.4 Å². The fourth-order valence-corrected chi connectivity index (χ4v) is 2.67. The van der Waals surface area contributed by atoms with Crippen molar-refractivity contribution in [2.75, 3.05) is 0 Å². The second-order valence-corrected chi connectivity index (χ2v) is 5.47. The van der Waals surface area contributed by atoms with Gasteiger partial charge in [0.15, 0.2) is 0 Å². The Morgan fingerprint density at radius 3 is 2.80 bits per heavy atom. The summed E-state index contributed by atoms with van der Waals surface area (Å²) in [6, 6.07) is 10.3. The lowest BCUT2D eigenvalue weighted by molar-refractivity contribution is 0.134. The van der Waals surface area contributed by atoms with Gasteiger partial charge in [0.05, 0.1) is 13.2 Å². The van der Waals surface area contributed by atoms with Crippen LogP contribution >= 0.6 is 11.6 Å². The Bertz CT molecular complexity index is 644. The number of fused-ring (bicyclic) bond motifs is 1. The fourth-order valence-electron chi connectivity index (χ4n) is 2.48. The molecule has 0 aromatic heterocycles. The van der Waals surface area contributed by atoms with Crippen LogP contribution in [0.3, 0.4) is 0 Å². The van der Waals surface area contributed by atoms with Gasteiger partial charge in [-0.1, -0.05) is 29.8 Å². The smallest absolute Gasteiger partial charge is 0.123 e. The molecule has 0 fully saturated rings. The van der Waals surface area contributed by atoms with Crippen molar-refractivity contribution in [1.29, 1.82) is 0 Å². The van der Waals surface area contributed by atoms with Gasteiger partial charge in [-0.2, -0.15) is 0 Å². The van der Waals surface area contributed by atoms with Gasteiger partial charge in [0, 0.05) is 11.1 Å². The van der Waals surface area contributed by atoms with Gasteiger partial charge >= 0.3 is 0 Å². The zero-order chi connectivity index (χ0) is 14.1. The highest BCUT2D eigenvalue weighted by atomic mass is 35.5. The molecule has 2 N–H and O–H groups in total. The minimum absolute atomic E-state index is 0.208. The molecule has 2 aromatic carbocycles. The van der Waals surface area contributed by atoms with Crippen molar-refractivity contribution in [3.8, 4) is 0 Å². The quantitative estimate of drug-likeness (QED) is 0.935. The minimum atomic E-state index is -0.293. The Morgan fingerprint density at radius 1 is 1.15 bits per heavy atom. The van der Waals surface area contributed by atoms with E-state index in [0.717, 1.165) is 11.1 Å². The molecule has 2 aromatic rings. The Hall–Kier alpha value is -1.42. The van der Waals surface area contributed by atoms with Crippen molar-refractivity contribution < 1.29 is 9.13 Å². The minimum Gasteiger partial charge on any atom is -0.372 e. The molecular formula is C16H15ClFNO. The van der Waals surface area contributed by atoms with Crippen molar-refractivity contribution in [2.45, 2.75) is 25.7 Å². The van der Waals surface area contributed by atoms with Crippen LogP contribution in [-0.4, -0.2) is 0 Å². The van der Waals surface area contributed by atoms with Gasteiger partial charge in [-0.15, -0.1) is 0 Å². The molecule has 104 valence electrons. The monoisotopic (exact) mass is 291 g/mol. The third-order valence-electron chi connectivity index (χ3n) is 3.62. The third-order valence-corrected chi connectivity index (χ3v) is 3.99. The molecule has 4 heteroatoms. The number of rotatable bonds is 3. The first-order valence-electron chi connectivity index (χ1n) is 6.52. The summed E-state index contributed by atoms with van der Waals surface area (Å²) in [5.74, 6) is -0.293. The molecule has 1 aliphatic rings. The van der Waals surface area contributed by atoms with Crippen molar-refractivity contribution in [3.63, 3.8) is 0 Å². The first-order valence-corrected chi connectivity index (χ1v) is 6.90. The summed E-state index contributed by atoms with van der Waals surface area (Å²) in [5, 5.41) is 0.548. The molecule has 0 bridgehead atoms. The van der Waals surface area contributed by atoms with E-state index in [0.29, 0.717) is 24.7 Å². The first-order chi connectivity index (χ1) is 9.63. The van der Waals surface area contributed by atoms with Crippen LogP contribution in [0.5, 0.6) is 0 Å². The summed E-state index contributed by atoms with van der Waals surface area (Å²) < 4.78 is 18.7. The van der Waals surface area contributed by atoms with Gasteiger partial charge in [-0.25, -0.2) is 4.39 Å². The predicted octanol–water partition coefficient (Wildman–Crippen LogP) is 3.75. The zero-order valence-corrected chi connectivity index (χ0v) is 11.7. The van der Waals surface area contributed by atoms with Gasteiger partial charge in [-0.3, -0.25) is 0 Å². The molecule has 0 saturated heterocycles. The van der Waals surface area contributed by atoms with Crippen LogP contribution in [0.2, 0.25) is 5.02 Å². The van der Waals surface area contributed by atoms with Crippen LogP contribution in [0, 0.1) is 5.82 Å². The standard InChI is InChI=1S/C16H15ClFNO/c17-15-4-3-14(18)6-12(15)7-16(19)10-1-2-11-8-20-9-13(11)5-10/h1-6,16H,7-9,19H2. The van der Waals surface area contributed by atoms with Crippen LogP contribution in [0.25, 0.3) is 0 Å². The Balaban J connectivity index is 1.82. The molecule has 1 heterocycles. The zero-order valence-electron chi connectivity index (χ0n) is 10.9. The number of benzene rings is 2. The van der Waals surface area contributed by atoms with E-state index in [1.807, 2.05) is 12.1 Å². The van der Waals surface area contributed by atoms with Crippen LogP contribution < -0.4 is 5.73 Å². The van der Waals surface area contributed by atoms with E-state index >= 15 is 0 Å². The van der Waals surface area contributed by atoms with Crippen LogP contribution in [0.4, 0.5) is 4.39 Å². The van der Waals surface area contributed by atoms with Crippen molar-refractivity contribution in [1.82, 2.24) is 0 Å². The summed E-state index contributed by atoms with van der Waals surface area (Å²) in [6.07, 6.45) is 0.510. The van der Waals surface area contributed by atoms with E-state index in [9.17, 15) is 4.39 Å². The molecule has 0 saturated carbocycles. The van der Waals surface area contributed by atoms with E-state index in [1.54, 1.807) is 6.07 Å². The van der Waals surface area contributed by atoms with Crippen molar-refractivity contribution in [2.24, 2.45) is 5.73 Å².